The van der Waals surface area contributed by atoms with Crippen molar-refractivity contribution < 1.29 is 4.79 Å². The van der Waals surface area contributed by atoms with Crippen molar-refractivity contribution in [1.82, 2.24) is 4.98 Å². The summed E-state index contributed by atoms with van der Waals surface area (Å²) >= 11 is 1.53. The van der Waals surface area contributed by atoms with Crippen LogP contribution in [0.3, 0.4) is 0 Å². The van der Waals surface area contributed by atoms with Crippen molar-refractivity contribution in [2.24, 2.45) is 0 Å². The zero-order valence-corrected chi connectivity index (χ0v) is 17.1. The minimum atomic E-state index is 0.166. The van der Waals surface area contributed by atoms with Crippen LogP contribution in [0.1, 0.15) is 86.1 Å². The second kappa shape index (κ2) is 6.35. The summed E-state index contributed by atoms with van der Waals surface area (Å²) in [5.41, 5.74) is 5.21. The predicted octanol–water partition coefficient (Wildman–Crippen LogP) is 6.45. The fourth-order valence-electron chi connectivity index (χ4n) is 3.89. The Balaban J connectivity index is 2.14. The molecule has 0 N–H and O–H groups in total. The van der Waals surface area contributed by atoms with Crippen LogP contribution in [0.25, 0.3) is 11.3 Å². The first-order valence-corrected chi connectivity index (χ1v) is 10.1. The number of fused-ring (bicyclic) bond motifs is 1. The maximum atomic E-state index is 12.5. The molecule has 0 bridgehead atoms. The topological polar surface area (TPSA) is 30.0 Å². The number of Topliss-reactive ketones (excluding diaryl/α,β-unsaturated/α-hetero) is 1. The van der Waals surface area contributed by atoms with Crippen LogP contribution < -0.4 is 0 Å². The zero-order chi connectivity index (χ0) is 18.4. The first kappa shape index (κ1) is 18.3. The van der Waals surface area contributed by atoms with Crippen LogP contribution in [-0.4, -0.2) is 10.8 Å². The highest BCUT2D eigenvalue weighted by Crippen LogP contribution is 2.47. The van der Waals surface area contributed by atoms with E-state index >= 15 is 0 Å². The van der Waals surface area contributed by atoms with Gasteiger partial charge in [0.05, 0.1) is 15.6 Å². The molecule has 0 amide bonds. The molecule has 1 aliphatic rings. The minimum absolute atomic E-state index is 0.166. The number of aromatic nitrogens is 1. The minimum Gasteiger partial charge on any atom is -0.293 e. The van der Waals surface area contributed by atoms with Gasteiger partial charge in [-0.25, -0.2) is 4.98 Å². The van der Waals surface area contributed by atoms with Gasteiger partial charge in [0.1, 0.15) is 0 Å². The van der Waals surface area contributed by atoms with Crippen LogP contribution in [0.2, 0.25) is 0 Å². The molecule has 3 rings (SSSR count). The number of rotatable bonds is 4. The zero-order valence-electron chi connectivity index (χ0n) is 16.3. The first-order chi connectivity index (χ1) is 11.7. The molecule has 0 saturated carbocycles. The summed E-state index contributed by atoms with van der Waals surface area (Å²) in [6.07, 6.45) is 3.87. The Morgan fingerprint density at radius 1 is 1.12 bits per heavy atom. The van der Waals surface area contributed by atoms with Crippen LogP contribution in [-0.2, 0) is 10.8 Å². The van der Waals surface area contributed by atoms with E-state index in [-0.39, 0.29) is 16.6 Å². The lowest BCUT2D eigenvalue weighted by Crippen LogP contribution is -2.33. The van der Waals surface area contributed by atoms with Crippen molar-refractivity contribution in [2.45, 2.75) is 78.1 Å². The molecule has 1 heterocycles. The number of hydrogen-bond acceptors (Lipinski definition) is 3. The molecule has 0 spiro atoms. The lowest BCUT2D eigenvalue weighted by Gasteiger charge is -2.42. The number of hydrogen-bond donors (Lipinski definition) is 0. The van der Waals surface area contributed by atoms with Crippen molar-refractivity contribution in [3.63, 3.8) is 0 Å². The van der Waals surface area contributed by atoms with Crippen molar-refractivity contribution in [3.05, 3.63) is 39.2 Å². The molecule has 2 aromatic rings. The summed E-state index contributed by atoms with van der Waals surface area (Å²) in [7, 11) is 0. The lowest BCUT2D eigenvalue weighted by molar-refractivity contribution is 0.0986. The second-order valence-electron chi connectivity index (χ2n) is 8.61. The number of carbonyl (C=O) groups excluding carboxylic acids is 1. The summed E-state index contributed by atoms with van der Waals surface area (Å²) < 4.78 is 0. The van der Waals surface area contributed by atoms with Gasteiger partial charge in [-0.05, 0) is 54.2 Å². The fraction of sp³-hybridized carbons (Fsp3) is 0.545. The van der Waals surface area contributed by atoms with Crippen LogP contribution >= 0.6 is 11.3 Å². The molecule has 0 saturated heterocycles. The van der Waals surface area contributed by atoms with Gasteiger partial charge in [-0.3, -0.25) is 4.79 Å². The van der Waals surface area contributed by atoms with Crippen LogP contribution in [0, 0.1) is 6.92 Å². The summed E-state index contributed by atoms with van der Waals surface area (Å²) in [6, 6.07) is 6.74. The highest BCUT2D eigenvalue weighted by Gasteiger charge is 2.37. The van der Waals surface area contributed by atoms with E-state index in [1.165, 1.54) is 35.3 Å². The Labute approximate surface area is 155 Å². The molecule has 0 fully saturated rings. The van der Waals surface area contributed by atoms with E-state index in [2.05, 4.69) is 52.8 Å². The number of aryl methyl sites for hydroxylation is 1. The average Bonchev–Trinajstić information content (AvgIpc) is 2.94. The molecule has 1 aliphatic carbocycles. The maximum Gasteiger partial charge on any atom is 0.175 e. The highest BCUT2D eigenvalue weighted by molar-refractivity contribution is 7.14. The Hall–Kier alpha value is -1.48. The molecule has 1 aromatic heterocycles. The standard InChI is InChI=1S/C22H29NOS/c1-7-8-18(24)20-19(23-14(2)25-20)15-9-10-16-17(13-15)22(5,6)12-11-21(16,3)4/h9-10,13H,7-8,11-12H2,1-6H3. The molecule has 3 heteroatoms. The van der Waals surface area contributed by atoms with Gasteiger partial charge in [0, 0.05) is 12.0 Å². The molecule has 0 unspecified atom stereocenters. The Morgan fingerprint density at radius 2 is 1.76 bits per heavy atom. The van der Waals surface area contributed by atoms with Gasteiger partial charge in [-0.2, -0.15) is 0 Å². The van der Waals surface area contributed by atoms with E-state index in [1.807, 2.05) is 6.92 Å². The molecule has 25 heavy (non-hydrogen) atoms. The maximum absolute atomic E-state index is 12.5. The summed E-state index contributed by atoms with van der Waals surface area (Å²) in [5.74, 6) is 0.223. The predicted molar refractivity (Wildman–Crippen MR) is 107 cm³/mol. The van der Waals surface area contributed by atoms with Gasteiger partial charge < -0.3 is 0 Å². The van der Waals surface area contributed by atoms with Crippen LogP contribution in [0.4, 0.5) is 0 Å². The summed E-state index contributed by atoms with van der Waals surface area (Å²) in [5, 5.41) is 0.965. The van der Waals surface area contributed by atoms with Gasteiger partial charge in [0.25, 0.3) is 0 Å². The van der Waals surface area contributed by atoms with E-state index < -0.39 is 0 Å². The van der Waals surface area contributed by atoms with Crippen LogP contribution in [0.15, 0.2) is 18.2 Å². The third-order valence-corrected chi connectivity index (χ3v) is 6.60. The normalized spacial score (nSPS) is 18.0. The number of ketones is 1. The van der Waals surface area contributed by atoms with Gasteiger partial charge in [-0.1, -0.05) is 46.8 Å². The third kappa shape index (κ3) is 3.31. The first-order valence-electron chi connectivity index (χ1n) is 9.32. The van der Waals surface area contributed by atoms with Gasteiger partial charge in [0.15, 0.2) is 5.78 Å². The summed E-state index contributed by atoms with van der Waals surface area (Å²) in [4.78, 5) is 18.1. The van der Waals surface area contributed by atoms with E-state index in [0.717, 1.165) is 27.6 Å². The molecular formula is C22H29NOS. The van der Waals surface area contributed by atoms with Crippen LogP contribution in [0.5, 0.6) is 0 Å². The Kier molecular flexibility index (Phi) is 4.65. The van der Waals surface area contributed by atoms with E-state index in [0.29, 0.717) is 6.42 Å². The number of thiazole rings is 1. The number of benzene rings is 1. The fourth-order valence-corrected chi connectivity index (χ4v) is 4.80. The third-order valence-electron chi connectivity index (χ3n) is 5.59. The molecule has 134 valence electrons. The second-order valence-corrected chi connectivity index (χ2v) is 9.82. The molecule has 0 radical (unpaired) electrons. The van der Waals surface area contributed by atoms with Crippen molar-refractivity contribution in [2.75, 3.05) is 0 Å². The average molecular weight is 356 g/mol. The lowest BCUT2D eigenvalue weighted by atomic mass is 9.63. The Bertz CT molecular complexity index is 813. The smallest absolute Gasteiger partial charge is 0.175 e. The SMILES string of the molecule is CCCC(=O)c1sc(C)nc1-c1ccc2c(c1)C(C)(C)CCC2(C)C. The summed E-state index contributed by atoms with van der Waals surface area (Å²) in [6.45, 7) is 13.4. The van der Waals surface area contributed by atoms with E-state index in [1.54, 1.807) is 0 Å². The molecule has 1 aromatic carbocycles. The van der Waals surface area contributed by atoms with Gasteiger partial charge in [-0.15, -0.1) is 11.3 Å². The van der Waals surface area contributed by atoms with Crippen molar-refractivity contribution in [1.29, 1.82) is 0 Å². The number of nitrogens with zero attached hydrogens (tertiary/aromatic N) is 1. The van der Waals surface area contributed by atoms with Gasteiger partial charge >= 0.3 is 0 Å². The molecule has 0 atom stereocenters. The number of carbonyl (C=O) groups is 1. The highest BCUT2D eigenvalue weighted by atomic mass is 32.1. The largest absolute Gasteiger partial charge is 0.293 e. The van der Waals surface area contributed by atoms with Gasteiger partial charge in [0.2, 0.25) is 0 Å². The molecule has 2 nitrogen and oxygen atoms in total. The van der Waals surface area contributed by atoms with Crippen molar-refractivity contribution in [3.8, 4) is 11.3 Å². The van der Waals surface area contributed by atoms with Crippen molar-refractivity contribution >= 4 is 17.1 Å². The Morgan fingerprint density at radius 3 is 2.40 bits per heavy atom. The monoisotopic (exact) mass is 355 g/mol. The van der Waals surface area contributed by atoms with E-state index in [9.17, 15) is 4.79 Å². The molecule has 0 aliphatic heterocycles. The molecular weight excluding hydrogens is 326 g/mol. The van der Waals surface area contributed by atoms with E-state index in [4.69, 9.17) is 4.98 Å². The quantitative estimate of drug-likeness (QED) is 0.590.